The molecule has 1 heterocycles. The molecule has 0 saturated heterocycles. The summed E-state index contributed by atoms with van der Waals surface area (Å²) in [6.45, 7) is 1.88. The van der Waals surface area contributed by atoms with Crippen LogP contribution in [0.5, 0.6) is 0 Å². The van der Waals surface area contributed by atoms with Gasteiger partial charge in [0.1, 0.15) is 0 Å². The molecule has 0 radical (unpaired) electrons. The van der Waals surface area contributed by atoms with Crippen molar-refractivity contribution in [1.29, 1.82) is 0 Å². The van der Waals surface area contributed by atoms with Crippen molar-refractivity contribution in [3.63, 3.8) is 0 Å². The topological polar surface area (TPSA) is 44.6 Å². The zero-order valence-electron chi connectivity index (χ0n) is 4.63. The molecule has 0 aromatic heterocycles. The average Bonchev–Trinajstić information content (AvgIpc) is 1.64. The minimum Gasteiger partial charge on any atom is -0.369 e. The Bertz CT molecular complexity index is 139. The molecule has 0 aliphatic carbocycles. The Balaban J connectivity index is 2.63. The summed E-state index contributed by atoms with van der Waals surface area (Å²) in [6, 6.07) is 0. The summed E-state index contributed by atoms with van der Waals surface area (Å²) in [7, 11) is 0. The van der Waals surface area contributed by atoms with Gasteiger partial charge in [-0.05, 0) is 18.6 Å². The first-order valence-electron chi connectivity index (χ1n) is 2.44. The van der Waals surface area contributed by atoms with Gasteiger partial charge in [-0.1, -0.05) is 0 Å². The molecule has 1 rings (SSSR count). The van der Waals surface area contributed by atoms with E-state index in [1.807, 2.05) is 6.92 Å². The fourth-order valence-electron chi connectivity index (χ4n) is 0.545. The number of hydrazone groups is 1. The van der Waals surface area contributed by atoms with Crippen molar-refractivity contribution in [2.24, 2.45) is 5.10 Å². The van der Waals surface area contributed by atoms with Crippen molar-refractivity contribution >= 4 is 6.21 Å². The number of rotatable bonds is 0. The molecular weight excluding hydrogens is 104 g/mol. The van der Waals surface area contributed by atoms with Gasteiger partial charge in [-0.3, -0.25) is 5.43 Å². The van der Waals surface area contributed by atoms with Crippen molar-refractivity contribution in [3.8, 4) is 0 Å². The lowest BCUT2D eigenvalue weighted by Crippen LogP contribution is -2.24. The maximum absolute atomic E-state index is 8.78. The van der Waals surface area contributed by atoms with Gasteiger partial charge in [0, 0.05) is 6.21 Å². The van der Waals surface area contributed by atoms with Crippen LogP contribution in [0.1, 0.15) is 6.92 Å². The molecule has 1 aliphatic rings. The number of hydrogen-bond acceptors (Lipinski definition) is 3. The molecule has 3 nitrogen and oxygen atoms in total. The summed E-state index contributed by atoms with van der Waals surface area (Å²) in [6.07, 6.45) is 2.75. The molecule has 8 heavy (non-hydrogen) atoms. The Hall–Kier alpha value is -0.830. The van der Waals surface area contributed by atoms with Crippen LogP contribution in [0.25, 0.3) is 0 Å². The second-order valence-electron chi connectivity index (χ2n) is 1.74. The van der Waals surface area contributed by atoms with E-state index < -0.39 is 6.23 Å². The second kappa shape index (κ2) is 1.96. The lowest BCUT2D eigenvalue weighted by atomic mass is 10.3. The van der Waals surface area contributed by atoms with Crippen molar-refractivity contribution in [2.45, 2.75) is 13.2 Å². The minimum absolute atomic E-state index is 0.597. The summed E-state index contributed by atoms with van der Waals surface area (Å²) in [5, 5.41) is 12.4. The summed E-state index contributed by atoms with van der Waals surface area (Å²) < 4.78 is 0. The quantitative estimate of drug-likeness (QED) is 0.457. The van der Waals surface area contributed by atoms with Gasteiger partial charge in [0.2, 0.25) is 0 Å². The SMILES string of the molecule is CC1=CC(O)NN=C1. The van der Waals surface area contributed by atoms with Crippen LogP contribution in [0.15, 0.2) is 16.8 Å². The third-order valence-electron chi connectivity index (χ3n) is 0.896. The first-order chi connectivity index (χ1) is 3.79. The van der Waals surface area contributed by atoms with Gasteiger partial charge in [0.05, 0.1) is 0 Å². The third kappa shape index (κ3) is 1.07. The van der Waals surface area contributed by atoms with Gasteiger partial charge < -0.3 is 5.11 Å². The molecule has 0 aromatic rings. The predicted octanol–water partition coefficient (Wildman–Crippen LogP) is -0.160. The molecule has 0 amide bonds. The number of nitrogens with zero attached hydrogens (tertiary/aromatic N) is 1. The Labute approximate surface area is 47.7 Å². The Morgan fingerprint density at radius 3 is 3.00 bits per heavy atom. The minimum atomic E-state index is -0.597. The highest BCUT2D eigenvalue weighted by Gasteiger charge is 1.99. The molecule has 0 aromatic carbocycles. The van der Waals surface area contributed by atoms with Crippen LogP contribution in [-0.4, -0.2) is 17.5 Å². The predicted molar refractivity (Wildman–Crippen MR) is 31.4 cm³/mol. The monoisotopic (exact) mass is 112 g/mol. The van der Waals surface area contributed by atoms with Crippen LogP contribution in [0.3, 0.4) is 0 Å². The van der Waals surface area contributed by atoms with Crippen molar-refractivity contribution in [2.75, 3.05) is 0 Å². The highest BCUT2D eigenvalue weighted by atomic mass is 16.3. The first kappa shape index (κ1) is 5.31. The van der Waals surface area contributed by atoms with Crippen LogP contribution < -0.4 is 5.43 Å². The highest BCUT2D eigenvalue weighted by molar-refractivity contribution is 5.78. The maximum Gasteiger partial charge on any atom is 0.159 e. The first-order valence-corrected chi connectivity index (χ1v) is 2.44. The molecule has 2 N–H and O–H groups in total. The van der Waals surface area contributed by atoms with E-state index in [0.29, 0.717) is 0 Å². The number of aliphatic hydroxyl groups excluding tert-OH is 1. The molecule has 3 heteroatoms. The molecule has 0 bridgehead atoms. The molecule has 1 unspecified atom stereocenters. The van der Waals surface area contributed by atoms with E-state index in [1.54, 1.807) is 12.3 Å². The molecule has 0 spiro atoms. The lowest BCUT2D eigenvalue weighted by Gasteiger charge is -2.08. The number of hydrogen-bond donors (Lipinski definition) is 2. The van der Waals surface area contributed by atoms with E-state index in [1.165, 1.54) is 0 Å². The highest BCUT2D eigenvalue weighted by Crippen LogP contribution is 1.94. The van der Waals surface area contributed by atoms with E-state index in [2.05, 4.69) is 10.5 Å². The van der Waals surface area contributed by atoms with Crippen LogP contribution in [0.4, 0.5) is 0 Å². The summed E-state index contributed by atoms with van der Waals surface area (Å²) in [4.78, 5) is 0. The third-order valence-corrected chi connectivity index (χ3v) is 0.896. The maximum atomic E-state index is 8.78. The van der Waals surface area contributed by atoms with E-state index >= 15 is 0 Å². The molecule has 0 fully saturated rings. The van der Waals surface area contributed by atoms with Gasteiger partial charge in [-0.2, -0.15) is 5.10 Å². The van der Waals surface area contributed by atoms with Gasteiger partial charge in [-0.15, -0.1) is 0 Å². The van der Waals surface area contributed by atoms with E-state index in [0.717, 1.165) is 5.57 Å². The summed E-state index contributed by atoms with van der Waals surface area (Å²) in [5.74, 6) is 0. The van der Waals surface area contributed by atoms with Crippen molar-refractivity contribution < 1.29 is 5.11 Å². The Kier molecular flexibility index (Phi) is 1.30. The summed E-state index contributed by atoms with van der Waals surface area (Å²) >= 11 is 0. The standard InChI is InChI=1S/C5H8N2O/c1-4-2-5(8)7-6-3-4/h2-3,5,7-8H,1H3. The Morgan fingerprint density at radius 1 is 1.88 bits per heavy atom. The molecular formula is C5H8N2O. The number of aliphatic hydroxyl groups is 1. The van der Waals surface area contributed by atoms with Crippen LogP contribution in [0.2, 0.25) is 0 Å². The van der Waals surface area contributed by atoms with Crippen LogP contribution in [-0.2, 0) is 0 Å². The van der Waals surface area contributed by atoms with Crippen molar-refractivity contribution in [1.82, 2.24) is 5.43 Å². The largest absolute Gasteiger partial charge is 0.369 e. The molecule has 1 aliphatic heterocycles. The van der Waals surface area contributed by atoms with Crippen LogP contribution in [0, 0.1) is 0 Å². The fraction of sp³-hybridized carbons (Fsp3) is 0.400. The number of nitrogens with one attached hydrogen (secondary N) is 1. The van der Waals surface area contributed by atoms with E-state index in [4.69, 9.17) is 5.11 Å². The smallest absolute Gasteiger partial charge is 0.159 e. The van der Waals surface area contributed by atoms with Gasteiger partial charge in [0.15, 0.2) is 6.23 Å². The molecule has 44 valence electrons. The summed E-state index contributed by atoms with van der Waals surface area (Å²) in [5.41, 5.74) is 3.44. The van der Waals surface area contributed by atoms with Gasteiger partial charge in [-0.25, -0.2) is 0 Å². The normalized spacial score (nSPS) is 26.8. The fourth-order valence-corrected chi connectivity index (χ4v) is 0.545. The van der Waals surface area contributed by atoms with E-state index in [9.17, 15) is 0 Å². The average molecular weight is 112 g/mol. The van der Waals surface area contributed by atoms with Gasteiger partial charge >= 0.3 is 0 Å². The Morgan fingerprint density at radius 2 is 2.62 bits per heavy atom. The zero-order chi connectivity index (χ0) is 5.98. The van der Waals surface area contributed by atoms with E-state index in [-0.39, 0.29) is 0 Å². The lowest BCUT2D eigenvalue weighted by molar-refractivity contribution is 0.185. The molecule has 1 atom stereocenters. The number of allylic oxidation sites excluding steroid dienone is 1. The zero-order valence-corrected chi connectivity index (χ0v) is 4.63. The van der Waals surface area contributed by atoms with Gasteiger partial charge in [0.25, 0.3) is 0 Å². The van der Waals surface area contributed by atoms with Crippen LogP contribution >= 0.6 is 0 Å². The second-order valence-corrected chi connectivity index (χ2v) is 1.74. The molecule has 0 saturated carbocycles. The van der Waals surface area contributed by atoms with Crippen molar-refractivity contribution in [3.05, 3.63) is 11.6 Å².